The summed E-state index contributed by atoms with van der Waals surface area (Å²) in [4.78, 5) is 23.1. The number of aromatic nitrogens is 2. The molecule has 144 valence electrons. The van der Waals surface area contributed by atoms with Crippen LogP contribution in [0.3, 0.4) is 0 Å². The average molecular weight is 377 g/mol. The Bertz CT molecular complexity index is 939. The Kier molecular flexibility index (Phi) is 5.37. The fraction of sp³-hybridized carbons (Fsp3) is 0.318. The molecule has 0 radical (unpaired) electrons. The Labute approximate surface area is 164 Å². The van der Waals surface area contributed by atoms with E-state index in [0.717, 1.165) is 36.5 Å². The lowest BCUT2D eigenvalue weighted by Crippen LogP contribution is -2.39. The minimum Gasteiger partial charge on any atom is -0.496 e. The van der Waals surface area contributed by atoms with Crippen molar-refractivity contribution in [2.45, 2.75) is 25.2 Å². The largest absolute Gasteiger partial charge is 0.496 e. The monoisotopic (exact) mass is 377 g/mol. The van der Waals surface area contributed by atoms with E-state index < -0.39 is 0 Å². The molecule has 0 N–H and O–H groups in total. The van der Waals surface area contributed by atoms with Gasteiger partial charge >= 0.3 is 0 Å². The number of hydrogen-bond donors (Lipinski definition) is 0. The molecule has 1 aliphatic rings. The second kappa shape index (κ2) is 8.25. The number of methoxy groups -OCH3 is 1. The van der Waals surface area contributed by atoms with E-state index in [1.54, 1.807) is 37.8 Å². The highest BCUT2D eigenvalue weighted by Gasteiger charge is 2.28. The number of oxazole rings is 1. The number of pyridine rings is 1. The average Bonchev–Trinajstić information content (AvgIpc) is 3.23. The van der Waals surface area contributed by atoms with Crippen molar-refractivity contribution in [3.05, 3.63) is 77.8 Å². The Morgan fingerprint density at radius 3 is 2.96 bits per heavy atom. The first-order valence-corrected chi connectivity index (χ1v) is 9.50. The van der Waals surface area contributed by atoms with Crippen LogP contribution in [-0.2, 0) is 6.42 Å². The zero-order chi connectivity index (χ0) is 19.3. The molecule has 0 bridgehead atoms. The smallest absolute Gasteiger partial charge is 0.255 e. The number of para-hydroxylation sites is 1. The van der Waals surface area contributed by atoms with E-state index in [4.69, 9.17) is 9.15 Å². The Morgan fingerprint density at radius 2 is 2.14 bits per heavy atom. The first-order chi connectivity index (χ1) is 13.7. The maximum absolute atomic E-state index is 12.7. The van der Waals surface area contributed by atoms with Gasteiger partial charge in [-0.05, 0) is 31.0 Å². The molecule has 1 aliphatic heterocycles. The van der Waals surface area contributed by atoms with Gasteiger partial charge in [-0.2, -0.15) is 0 Å². The maximum Gasteiger partial charge on any atom is 0.255 e. The lowest BCUT2D eigenvalue weighted by atomic mass is 9.97. The van der Waals surface area contributed by atoms with Gasteiger partial charge in [0, 0.05) is 37.5 Å². The van der Waals surface area contributed by atoms with Crippen LogP contribution in [-0.4, -0.2) is 41.0 Å². The minimum absolute atomic E-state index is 0.0126. The third-order valence-corrected chi connectivity index (χ3v) is 5.09. The molecule has 1 amide bonds. The number of carbonyl (C=O) groups excluding carboxylic acids is 1. The highest BCUT2D eigenvalue weighted by Crippen LogP contribution is 2.29. The van der Waals surface area contributed by atoms with E-state index in [0.29, 0.717) is 24.4 Å². The molecule has 0 spiro atoms. The van der Waals surface area contributed by atoms with Gasteiger partial charge in [0.25, 0.3) is 5.91 Å². The van der Waals surface area contributed by atoms with Crippen LogP contribution >= 0.6 is 0 Å². The summed E-state index contributed by atoms with van der Waals surface area (Å²) in [5.41, 5.74) is 1.68. The Hall–Kier alpha value is -3.15. The zero-order valence-corrected chi connectivity index (χ0v) is 15.9. The second-order valence-electron chi connectivity index (χ2n) is 6.99. The van der Waals surface area contributed by atoms with Gasteiger partial charge in [0.05, 0.1) is 24.8 Å². The third kappa shape index (κ3) is 3.91. The molecule has 0 aliphatic carbocycles. The molecule has 1 atom stereocenters. The number of piperidine rings is 1. The van der Waals surface area contributed by atoms with Crippen LogP contribution in [0.1, 0.15) is 46.3 Å². The molecule has 1 unspecified atom stereocenters. The molecular formula is C22H23N3O3. The third-order valence-electron chi connectivity index (χ3n) is 5.09. The Balaban J connectivity index is 1.45. The van der Waals surface area contributed by atoms with Crippen molar-refractivity contribution in [3.63, 3.8) is 0 Å². The van der Waals surface area contributed by atoms with Crippen molar-refractivity contribution in [2.24, 2.45) is 0 Å². The lowest BCUT2D eigenvalue weighted by Gasteiger charge is -2.31. The van der Waals surface area contributed by atoms with E-state index in [1.807, 2.05) is 29.2 Å². The van der Waals surface area contributed by atoms with Gasteiger partial charge < -0.3 is 14.1 Å². The van der Waals surface area contributed by atoms with Crippen LogP contribution in [0.15, 0.2) is 59.4 Å². The number of benzene rings is 1. The molecule has 1 saturated heterocycles. The number of likely N-dealkylation sites (tertiary alicyclic amines) is 1. The topological polar surface area (TPSA) is 68.5 Å². The number of carbonyl (C=O) groups is 1. The van der Waals surface area contributed by atoms with Gasteiger partial charge in [-0.15, -0.1) is 0 Å². The fourth-order valence-corrected chi connectivity index (χ4v) is 3.66. The zero-order valence-electron chi connectivity index (χ0n) is 15.9. The van der Waals surface area contributed by atoms with Crippen molar-refractivity contribution in [1.29, 1.82) is 0 Å². The summed E-state index contributed by atoms with van der Waals surface area (Å²) < 4.78 is 11.5. The summed E-state index contributed by atoms with van der Waals surface area (Å²) in [5, 5.41) is 0. The normalized spacial score (nSPS) is 16.8. The van der Waals surface area contributed by atoms with E-state index in [-0.39, 0.29) is 11.8 Å². The van der Waals surface area contributed by atoms with Crippen LogP contribution in [0.4, 0.5) is 0 Å². The molecule has 3 aromatic rings. The predicted octanol–water partition coefficient (Wildman–Crippen LogP) is 3.69. The standard InChI is InChI=1S/C22H23N3O3/c1-27-20-9-3-2-6-16(20)12-19-14-24-21(28-19)18-8-5-11-25(15-18)22(26)17-7-4-10-23-13-17/h2-4,6-7,9-10,13-14,18H,5,8,11-12,15H2,1H3. The fourth-order valence-electron chi connectivity index (χ4n) is 3.66. The summed E-state index contributed by atoms with van der Waals surface area (Å²) in [6, 6.07) is 11.5. The van der Waals surface area contributed by atoms with Gasteiger partial charge in [0.15, 0.2) is 5.89 Å². The first kappa shape index (κ1) is 18.2. The van der Waals surface area contributed by atoms with Gasteiger partial charge in [0.2, 0.25) is 0 Å². The molecule has 28 heavy (non-hydrogen) atoms. The molecule has 6 nitrogen and oxygen atoms in total. The quantitative estimate of drug-likeness (QED) is 0.678. The maximum atomic E-state index is 12.7. The molecule has 0 saturated carbocycles. The number of hydrogen-bond acceptors (Lipinski definition) is 5. The van der Waals surface area contributed by atoms with Crippen LogP contribution < -0.4 is 4.74 Å². The summed E-state index contributed by atoms with van der Waals surface area (Å²) in [5.74, 6) is 2.47. The summed E-state index contributed by atoms with van der Waals surface area (Å²) in [7, 11) is 1.67. The Morgan fingerprint density at radius 1 is 1.25 bits per heavy atom. The van der Waals surface area contributed by atoms with Crippen LogP contribution in [0.5, 0.6) is 5.75 Å². The van der Waals surface area contributed by atoms with Crippen molar-refractivity contribution in [2.75, 3.05) is 20.2 Å². The highest BCUT2D eigenvalue weighted by atomic mass is 16.5. The summed E-state index contributed by atoms with van der Waals surface area (Å²) in [6.45, 7) is 1.36. The molecule has 4 rings (SSSR count). The van der Waals surface area contributed by atoms with Crippen molar-refractivity contribution in [3.8, 4) is 5.75 Å². The van der Waals surface area contributed by atoms with E-state index in [9.17, 15) is 4.79 Å². The summed E-state index contributed by atoms with van der Waals surface area (Å²) >= 11 is 0. The van der Waals surface area contributed by atoms with E-state index in [2.05, 4.69) is 9.97 Å². The lowest BCUT2D eigenvalue weighted by molar-refractivity contribution is 0.0697. The summed E-state index contributed by atoms with van der Waals surface area (Å²) in [6.07, 6.45) is 7.59. The second-order valence-corrected chi connectivity index (χ2v) is 6.99. The van der Waals surface area contributed by atoms with Gasteiger partial charge in [-0.25, -0.2) is 4.98 Å². The highest BCUT2D eigenvalue weighted by molar-refractivity contribution is 5.93. The molecule has 1 aromatic carbocycles. The predicted molar refractivity (Wildman–Crippen MR) is 104 cm³/mol. The van der Waals surface area contributed by atoms with E-state index in [1.165, 1.54) is 0 Å². The number of amides is 1. The number of nitrogens with zero attached hydrogens (tertiary/aromatic N) is 3. The van der Waals surface area contributed by atoms with Gasteiger partial charge in [-0.3, -0.25) is 9.78 Å². The van der Waals surface area contributed by atoms with Gasteiger partial charge in [0.1, 0.15) is 11.5 Å². The molecule has 2 aromatic heterocycles. The molecule has 3 heterocycles. The van der Waals surface area contributed by atoms with Crippen LogP contribution in [0.2, 0.25) is 0 Å². The first-order valence-electron chi connectivity index (χ1n) is 9.50. The molecule has 6 heteroatoms. The molecule has 1 fully saturated rings. The van der Waals surface area contributed by atoms with Crippen molar-refractivity contribution in [1.82, 2.24) is 14.9 Å². The van der Waals surface area contributed by atoms with E-state index >= 15 is 0 Å². The number of rotatable bonds is 5. The minimum atomic E-state index is 0.0126. The van der Waals surface area contributed by atoms with Crippen molar-refractivity contribution < 1.29 is 13.9 Å². The van der Waals surface area contributed by atoms with Gasteiger partial charge in [-0.1, -0.05) is 18.2 Å². The SMILES string of the molecule is COc1ccccc1Cc1cnc(C2CCCN(C(=O)c3cccnc3)C2)o1. The van der Waals surface area contributed by atoms with Crippen LogP contribution in [0.25, 0.3) is 0 Å². The van der Waals surface area contributed by atoms with Crippen LogP contribution in [0, 0.1) is 0 Å². The number of ether oxygens (including phenoxy) is 1. The van der Waals surface area contributed by atoms with Crippen molar-refractivity contribution >= 4 is 5.91 Å². The molecular weight excluding hydrogens is 354 g/mol.